The number of rotatable bonds is 8. The molecule has 0 spiro atoms. The number of ether oxygens (including phenoxy) is 1. The lowest BCUT2D eigenvalue weighted by Crippen LogP contribution is -2.34. The van der Waals surface area contributed by atoms with Crippen molar-refractivity contribution in [3.63, 3.8) is 0 Å². The third kappa shape index (κ3) is 6.68. The van der Waals surface area contributed by atoms with Crippen molar-refractivity contribution in [2.45, 2.75) is 13.5 Å². The Balaban J connectivity index is 1.73. The molecule has 1 amide bonds. The number of amides is 1. The Morgan fingerprint density at radius 3 is 2.34 bits per heavy atom. The van der Waals surface area contributed by atoms with Crippen LogP contribution in [0.15, 0.2) is 78.9 Å². The lowest BCUT2D eigenvalue weighted by molar-refractivity contribution is -0.121. The van der Waals surface area contributed by atoms with Crippen LogP contribution in [0.5, 0.6) is 0 Å². The zero-order valence-corrected chi connectivity index (χ0v) is 18.6. The molecule has 0 saturated heterocycles. The summed E-state index contributed by atoms with van der Waals surface area (Å²) in [7, 11) is -3.48. The topological polar surface area (TPSA) is 92.8 Å². The van der Waals surface area contributed by atoms with E-state index in [-0.39, 0.29) is 17.2 Å². The molecule has 0 aliphatic rings. The summed E-state index contributed by atoms with van der Waals surface area (Å²) < 4.78 is 30.3. The molecule has 0 heterocycles. The van der Waals surface area contributed by atoms with Crippen LogP contribution < -0.4 is 9.62 Å². The van der Waals surface area contributed by atoms with E-state index in [1.807, 2.05) is 61.5 Å². The molecule has 32 heavy (non-hydrogen) atoms. The van der Waals surface area contributed by atoms with Crippen LogP contribution in [0.2, 0.25) is 0 Å². The van der Waals surface area contributed by atoms with Crippen LogP contribution in [0, 0.1) is 6.92 Å². The van der Waals surface area contributed by atoms with Gasteiger partial charge in [0.1, 0.15) is 0 Å². The maximum atomic E-state index is 13.0. The van der Waals surface area contributed by atoms with Gasteiger partial charge in [0, 0.05) is 11.4 Å². The van der Waals surface area contributed by atoms with Crippen LogP contribution >= 0.6 is 0 Å². The van der Waals surface area contributed by atoms with Gasteiger partial charge >= 0.3 is 5.97 Å². The van der Waals surface area contributed by atoms with Crippen molar-refractivity contribution in [1.82, 2.24) is 0 Å². The van der Waals surface area contributed by atoms with Gasteiger partial charge in [-0.3, -0.25) is 9.52 Å². The first kappa shape index (κ1) is 23.0. The number of benzene rings is 3. The predicted molar refractivity (Wildman–Crippen MR) is 124 cm³/mol. The van der Waals surface area contributed by atoms with Gasteiger partial charge in [0.05, 0.1) is 18.4 Å². The van der Waals surface area contributed by atoms with Gasteiger partial charge in [-0.2, -0.15) is 0 Å². The van der Waals surface area contributed by atoms with E-state index in [1.165, 1.54) is 24.3 Å². The molecule has 0 fully saturated rings. The van der Waals surface area contributed by atoms with Crippen LogP contribution in [-0.2, 0) is 26.1 Å². The molecule has 0 aromatic heterocycles. The van der Waals surface area contributed by atoms with Crippen LogP contribution in [0.4, 0.5) is 11.4 Å². The Bertz CT molecular complexity index is 1210. The van der Waals surface area contributed by atoms with Gasteiger partial charge in [-0.15, -0.1) is 0 Å². The molecule has 3 aromatic rings. The van der Waals surface area contributed by atoms with Gasteiger partial charge in [-0.1, -0.05) is 48.5 Å². The molecule has 8 heteroatoms. The van der Waals surface area contributed by atoms with E-state index >= 15 is 0 Å². The highest BCUT2D eigenvalue weighted by Crippen LogP contribution is 2.20. The van der Waals surface area contributed by atoms with Gasteiger partial charge in [-0.05, 0) is 48.4 Å². The summed E-state index contributed by atoms with van der Waals surface area (Å²) in [6, 6.07) is 22.9. The Morgan fingerprint density at radius 1 is 0.938 bits per heavy atom. The molecule has 7 nitrogen and oxygen atoms in total. The molecule has 3 aromatic carbocycles. The lowest BCUT2D eigenvalue weighted by atomic mass is 10.1. The summed E-state index contributed by atoms with van der Waals surface area (Å²) in [4.78, 5) is 27.0. The van der Waals surface area contributed by atoms with Gasteiger partial charge < -0.3 is 9.64 Å². The molecule has 0 saturated carbocycles. The number of hydrogen-bond acceptors (Lipinski definition) is 5. The van der Waals surface area contributed by atoms with Crippen molar-refractivity contribution >= 4 is 33.3 Å². The molecule has 0 bridgehead atoms. The summed E-state index contributed by atoms with van der Waals surface area (Å²) in [5, 5.41) is 0. The van der Waals surface area contributed by atoms with E-state index in [1.54, 1.807) is 4.90 Å². The minimum atomic E-state index is -3.48. The number of sulfonamides is 1. The number of hydrogen-bond donors (Lipinski definition) is 1. The summed E-state index contributed by atoms with van der Waals surface area (Å²) in [6.45, 7) is 1.81. The SMILES string of the molecule is Cc1cccc(N(Cc2ccccc2)C(=O)COC(=O)c2cccc(NS(C)(=O)=O)c2)c1. The van der Waals surface area contributed by atoms with E-state index in [0.29, 0.717) is 12.2 Å². The fourth-order valence-corrected chi connectivity index (χ4v) is 3.65. The van der Waals surface area contributed by atoms with E-state index in [9.17, 15) is 18.0 Å². The fourth-order valence-electron chi connectivity index (χ4n) is 3.10. The lowest BCUT2D eigenvalue weighted by Gasteiger charge is -2.23. The highest BCUT2D eigenvalue weighted by molar-refractivity contribution is 7.92. The van der Waals surface area contributed by atoms with Gasteiger partial charge in [0.15, 0.2) is 6.61 Å². The standard InChI is InChI=1S/C24H24N2O5S/c1-18-8-6-13-22(14-18)26(16-19-9-4-3-5-10-19)23(27)17-31-24(28)20-11-7-12-21(15-20)25-32(2,29)30/h3-15,25H,16-17H2,1-2H3. The Kier molecular flexibility index (Phi) is 7.27. The minimum absolute atomic E-state index is 0.136. The molecular formula is C24H24N2O5S. The maximum Gasteiger partial charge on any atom is 0.338 e. The molecule has 3 rings (SSSR count). The molecular weight excluding hydrogens is 428 g/mol. The number of carbonyl (C=O) groups excluding carboxylic acids is 2. The van der Waals surface area contributed by atoms with Crippen molar-refractivity contribution in [3.05, 3.63) is 95.6 Å². The fraction of sp³-hybridized carbons (Fsp3) is 0.167. The zero-order chi connectivity index (χ0) is 23.1. The van der Waals surface area contributed by atoms with Crippen molar-refractivity contribution in [2.75, 3.05) is 22.5 Å². The Hall–Kier alpha value is -3.65. The van der Waals surface area contributed by atoms with Gasteiger partial charge in [-0.25, -0.2) is 13.2 Å². The smallest absolute Gasteiger partial charge is 0.338 e. The van der Waals surface area contributed by atoms with Crippen molar-refractivity contribution in [2.24, 2.45) is 0 Å². The highest BCUT2D eigenvalue weighted by atomic mass is 32.2. The van der Waals surface area contributed by atoms with Gasteiger partial charge in [0.25, 0.3) is 5.91 Å². The molecule has 1 N–H and O–H groups in total. The summed E-state index contributed by atoms with van der Waals surface area (Å²) in [5.41, 5.74) is 3.01. The monoisotopic (exact) mass is 452 g/mol. The number of anilines is 2. The second-order valence-corrected chi connectivity index (χ2v) is 9.08. The quantitative estimate of drug-likeness (QED) is 0.526. The van der Waals surface area contributed by atoms with Crippen LogP contribution in [0.1, 0.15) is 21.5 Å². The number of carbonyl (C=O) groups is 2. The van der Waals surface area contributed by atoms with Crippen molar-refractivity contribution < 1.29 is 22.7 Å². The molecule has 0 atom stereocenters. The van der Waals surface area contributed by atoms with Crippen molar-refractivity contribution in [1.29, 1.82) is 0 Å². The zero-order valence-electron chi connectivity index (χ0n) is 17.8. The second kappa shape index (κ2) is 10.1. The summed E-state index contributed by atoms with van der Waals surface area (Å²) in [5.74, 6) is -1.10. The molecule has 166 valence electrons. The van der Waals surface area contributed by atoms with E-state index in [4.69, 9.17) is 4.74 Å². The van der Waals surface area contributed by atoms with Gasteiger partial charge in [0.2, 0.25) is 10.0 Å². The maximum absolute atomic E-state index is 13.0. The highest BCUT2D eigenvalue weighted by Gasteiger charge is 2.19. The van der Waals surface area contributed by atoms with E-state index in [2.05, 4.69) is 4.72 Å². The Labute approximate surface area is 187 Å². The summed E-state index contributed by atoms with van der Waals surface area (Å²) >= 11 is 0. The van der Waals surface area contributed by atoms with E-state index < -0.39 is 22.6 Å². The van der Waals surface area contributed by atoms with E-state index in [0.717, 1.165) is 17.4 Å². The second-order valence-electron chi connectivity index (χ2n) is 7.34. The number of nitrogens with zero attached hydrogens (tertiary/aromatic N) is 1. The largest absolute Gasteiger partial charge is 0.452 e. The third-order valence-electron chi connectivity index (χ3n) is 4.53. The number of esters is 1. The average molecular weight is 453 g/mol. The van der Waals surface area contributed by atoms with Crippen LogP contribution in [0.25, 0.3) is 0 Å². The van der Waals surface area contributed by atoms with Crippen molar-refractivity contribution in [3.8, 4) is 0 Å². The average Bonchev–Trinajstić information content (AvgIpc) is 2.75. The first-order valence-electron chi connectivity index (χ1n) is 9.87. The first-order chi connectivity index (χ1) is 15.2. The first-order valence-corrected chi connectivity index (χ1v) is 11.8. The Morgan fingerprint density at radius 2 is 1.66 bits per heavy atom. The molecule has 0 aliphatic carbocycles. The predicted octanol–water partition coefficient (Wildman–Crippen LogP) is 3.76. The molecule has 0 aliphatic heterocycles. The summed E-state index contributed by atoms with van der Waals surface area (Å²) in [6.07, 6.45) is 1.02. The van der Waals surface area contributed by atoms with Crippen LogP contribution in [-0.4, -0.2) is 33.2 Å². The number of aryl methyl sites for hydroxylation is 1. The molecule has 0 radical (unpaired) electrons. The minimum Gasteiger partial charge on any atom is -0.452 e. The van der Waals surface area contributed by atoms with Crippen LogP contribution in [0.3, 0.4) is 0 Å². The molecule has 0 unspecified atom stereocenters. The normalized spacial score (nSPS) is 10.9. The number of nitrogens with one attached hydrogen (secondary N) is 1. The third-order valence-corrected chi connectivity index (χ3v) is 5.13.